The quantitative estimate of drug-likeness (QED) is 0.562. The van der Waals surface area contributed by atoms with Gasteiger partial charge in [0, 0.05) is 16.2 Å². The third-order valence-corrected chi connectivity index (χ3v) is 4.62. The summed E-state index contributed by atoms with van der Waals surface area (Å²) >= 11 is 12.5. The van der Waals surface area contributed by atoms with Crippen LogP contribution < -0.4 is 0 Å². The summed E-state index contributed by atoms with van der Waals surface area (Å²) in [6, 6.07) is 5.34. The first-order valence-corrected chi connectivity index (χ1v) is 8.82. The summed E-state index contributed by atoms with van der Waals surface area (Å²) in [5.41, 5.74) is 3.74. The number of tetrazole rings is 1. The molecular formula is C17H14Cl2N8. The number of imidazole rings is 1. The maximum absolute atomic E-state index is 6.38. The minimum absolute atomic E-state index is 0.412. The Bertz CT molecular complexity index is 1100. The third kappa shape index (κ3) is 3.41. The zero-order valence-electron chi connectivity index (χ0n) is 14.5. The molecular weight excluding hydrogens is 387 g/mol. The van der Waals surface area contributed by atoms with Gasteiger partial charge in [-0.3, -0.25) is 4.98 Å². The molecule has 0 aliphatic carbocycles. The highest BCUT2D eigenvalue weighted by molar-refractivity contribution is 6.33. The van der Waals surface area contributed by atoms with Gasteiger partial charge in [-0.25, -0.2) is 9.97 Å². The van der Waals surface area contributed by atoms with E-state index in [0.29, 0.717) is 33.9 Å². The minimum atomic E-state index is 0.412. The second-order valence-corrected chi connectivity index (χ2v) is 6.82. The predicted molar refractivity (Wildman–Crippen MR) is 101 cm³/mol. The van der Waals surface area contributed by atoms with Gasteiger partial charge >= 0.3 is 0 Å². The summed E-state index contributed by atoms with van der Waals surface area (Å²) in [7, 11) is 0. The fraction of sp³-hybridized carbons (Fsp3) is 0.176. The SMILES string of the molecule is Cc1cncc(-c2nc(C)c(-c3nn[nH]n3)n2Cc2cc(Cl)ccc2Cl)n1. The van der Waals surface area contributed by atoms with Crippen LogP contribution in [0.5, 0.6) is 0 Å². The molecule has 1 N–H and O–H groups in total. The Labute approximate surface area is 164 Å². The molecule has 4 aromatic rings. The number of nitrogens with one attached hydrogen (secondary N) is 1. The van der Waals surface area contributed by atoms with Crippen molar-refractivity contribution in [1.29, 1.82) is 0 Å². The number of nitrogens with zero attached hydrogens (tertiary/aromatic N) is 7. The summed E-state index contributed by atoms with van der Waals surface area (Å²) in [4.78, 5) is 13.5. The molecule has 0 saturated heterocycles. The second kappa shape index (κ2) is 7.05. The Balaban J connectivity index is 1.92. The van der Waals surface area contributed by atoms with Crippen LogP contribution in [0, 0.1) is 13.8 Å². The van der Waals surface area contributed by atoms with Crippen molar-refractivity contribution < 1.29 is 0 Å². The first-order chi connectivity index (χ1) is 13.0. The van der Waals surface area contributed by atoms with E-state index in [9.17, 15) is 0 Å². The average molecular weight is 401 g/mol. The molecule has 0 amide bonds. The van der Waals surface area contributed by atoms with Crippen LogP contribution in [0.4, 0.5) is 0 Å². The fourth-order valence-electron chi connectivity index (χ4n) is 2.87. The number of rotatable bonds is 4. The standard InChI is InChI=1S/C17H14Cl2N8/c1-9-6-20-7-14(21-9)17-22-10(2)15(16-23-25-26-24-16)27(17)8-11-5-12(18)3-4-13(11)19/h3-7H,8H2,1-2H3,(H,23,24,25,26). The number of aromatic nitrogens is 8. The van der Waals surface area contributed by atoms with Crippen LogP contribution in [0.1, 0.15) is 17.0 Å². The molecule has 0 fully saturated rings. The van der Waals surface area contributed by atoms with Gasteiger partial charge in [0.1, 0.15) is 11.4 Å². The maximum Gasteiger partial charge on any atom is 0.222 e. The molecule has 0 bridgehead atoms. The molecule has 0 saturated carbocycles. The van der Waals surface area contributed by atoms with Gasteiger partial charge in [0.15, 0.2) is 5.82 Å². The zero-order chi connectivity index (χ0) is 19.0. The molecule has 8 nitrogen and oxygen atoms in total. The Hall–Kier alpha value is -2.84. The lowest BCUT2D eigenvalue weighted by Gasteiger charge is -2.12. The minimum Gasteiger partial charge on any atom is -0.315 e. The van der Waals surface area contributed by atoms with Crippen LogP contribution >= 0.6 is 23.2 Å². The van der Waals surface area contributed by atoms with E-state index in [-0.39, 0.29) is 0 Å². The summed E-state index contributed by atoms with van der Waals surface area (Å²) in [5, 5.41) is 15.6. The van der Waals surface area contributed by atoms with E-state index in [4.69, 9.17) is 23.2 Å². The van der Waals surface area contributed by atoms with Crippen molar-refractivity contribution in [1.82, 2.24) is 40.1 Å². The lowest BCUT2D eigenvalue weighted by atomic mass is 10.2. The molecule has 3 aromatic heterocycles. The van der Waals surface area contributed by atoms with Crippen molar-refractivity contribution in [3.8, 4) is 23.0 Å². The number of hydrogen-bond acceptors (Lipinski definition) is 6. The van der Waals surface area contributed by atoms with Crippen LogP contribution in [0.2, 0.25) is 10.0 Å². The number of halogens is 2. The molecule has 27 heavy (non-hydrogen) atoms. The summed E-state index contributed by atoms with van der Waals surface area (Å²) in [6.45, 7) is 4.17. The molecule has 4 rings (SSSR count). The average Bonchev–Trinajstić information content (AvgIpc) is 3.26. The smallest absolute Gasteiger partial charge is 0.222 e. The summed E-state index contributed by atoms with van der Waals surface area (Å²) < 4.78 is 1.95. The second-order valence-electron chi connectivity index (χ2n) is 5.97. The Kier molecular flexibility index (Phi) is 4.59. The van der Waals surface area contributed by atoms with Crippen LogP contribution in [0.15, 0.2) is 30.6 Å². The summed E-state index contributed by atoms with van der Waals surface area (Å²) in [6.07, 6.45) is 3.36. The molecule has 0 radical (unpaired) electrons. The lowest BCUT2D eigenvalue weighted by Crippen LogP contribution is -2.07. The molecule has 10 heteroatoms. The van der Waals surface area contributed by atoms with E-state index in [1.807, 2.05) is 24.5 Å². The molecule has 0 unspecified atom stereocenters. The largest absolute Gasteiger partial charge is 0.315 e. The van der Waals surface area contributed by atoms with Gasteiger partial charge in [0.25, 0.3) is 0 Å². The van der Waals surface area contributed by atoms with Gasteiger partial charge in [0.05, 0.1) is 24.1 Å². The topological polar surface area (TPSA) is 98.1 Å². The van der Waals surface area contributed by atoms with Gasteiger partial charge in [-0.05, 0) is 42.8 Å². The van der Waals surface area contributed by atoms with Crippen molar-refractivity contribution in [2.24, 2.45) is 0 Å². The molecule has 0 aliphatic rings. The Morgan fingerprint density at radius 1 is 1.11 bits per heavy atom. The number of aromatic amines is 1. The van der Waals surface area contributed by atoms with E-state index >= 15 is 0 Å². The highest BCUT2D eigenvalue weighted by atomic mass is 35.5. The van der Waals surface area contributed by atoms with Crippen LogP contribution in [0.25, 0.3) is 23.0 Å². The molecule has 0 atom stereocenters. The number of H-pyrrole nitrogens is 1. The molecule has 0 spiro atoms. The van der Waals surface area contributed by atoms with Crippen molar-refractivity contribution in [2.45, 2.75) is 20.4 Å². The number of hydrogen-bond donors (Lipinski definition) is 1. The zero-order valence-corrected chi connectivity index (χ0v) is 16.0. The molecule has 136 valence electrons. The summed E-state index contributed by atoms with van der Waals surface area (Å²) in [5.74, 6) is 1.07. The first-order valence-electron chi connectivity index (χ1n) is 8.07. The highest BCUT2D eigenvalue weighted by Gasteiger charge is 2.22. The van der Waals surface area contributed by atoms with Crippen LogP contribution in [-0.2, 0) is 6.54 Å². The monoisotopic (exact) mass is 400 g/mol. The molecule has 0 aliphatic heterocycles. The Morgan fingerprint density at radius 2 is 1.96 bits per heavy atom. The van der Waals surface area contributed by atoms with E-state index in [0.717, 1.165) is 22.6 Å². The maximum atomic E-state index is 6.38. The highest BCUT2D eigenvalue weighted by Crippen LogP contribution is 2.30. The Morgan fingerprint density at radius 3 is 2.70 bits per heavy atom. The van der Waals surface area contributed by atoms with E-state index in [1.165, 1.54) is 0 Å². The number of aryl methyl sites for hydroxylation is 2. The molecule has 1 aromatic carbocycles. The molecule has 3 heterocycles. The number of benzene rings is 1. The van der Waals surface area contributed by atoms with Crippen LogP contribution in [-0.4, -0.2) is 40.1 Å². The van der Waals surface area contributed by atoms with E-state index < -0.39 is 0 Å². The van der Waals surface area contributed by atoms with Crippen molar-refractivity contribution in [3.63, 3.8) is 0 Å². The van der Waals surface area contributed by atoms with Gasteiger partial charge < -0.3 is 4.57 Å². The van der Waals surface area contributed by atoms with Crippen molar-refractivity contribution in [3.05, 3.63) is 57.6 Å². The van der Waals surface area contributed by atoms with Gasteiger partial charge in [-0.2, -0.15) is 5.21 Å². The van der Waals surface area contributed by atoms with Crippen LogP contribution in [0.3, 0.4) is 0 Å². The predicted octanol–water partition coefficient (Wildman–Crippen LogP) is 3.49. The first kappa shape index (κ1) is 17.6. The van der Waals surface area contributed by atoms with Gasteiger partial charge in [0.2, 0.25) is 5.82 Å². The third-order valence-electron chi connectivity index (χ3n) is 4.02. The van der Waals surface area contributed by atoms with E-state index in [1.54, 1.807) is 24.5 Å². The van der Waals surface area contributed by atoms with Crippen molar-refractivity contribution >= 4 is 23.2 Å². The lowest BCUT2D eigenvalue weighted by molar-refractivity contribution is 0.803. The van der Waals surface area contributed by atoms with E-state index in [2.05, 4.69) is 35.6 Å². The fourth-order valence-corrected chi connectivity index (χ4v) is 3.25. The normalized spacial score (nSPS) is 11.1. The van der Waals surface area contributed by atoms with Crippen molar-refractivity contribution in [2.75, 3.05) is 0 Å². The van der Waals surface area contributed by atoms with Gasteiger partial charge in [-0.1, -0.05) is 23.2 Å². The van der Waals surface area contributed by atoms with Gasteiger partial charge in [-0.15, -0.1) is 10.2 Å².